The van der Waals surface area contributed by atoms with Crippen molar-refractivity contribution < 1.29 is 0 Å². The molecule has 2 N–H and O–H groups in total. The zero-order chi connectivity index (χ0) is 7.56. The third kappa shape index (κ3) is 1.72. The van der Waals surface area contributed by atoms with E-state index in [4.69, 9.17) is 5.73 Å². The van der Waals surface area contributed by atoms with Gasteiger partial charge in [-0.2, -0.15) is 0 Å². The van der Waals surface area contributed by atoms with Gasteiger partial charge in [0.25, 0.3) is 0 Å². The summed E-state index contributed by atoms with van der Waals surface area (Å²) in [4.78, 5) is 0. The van der Waals surface area contributed by atoms with Gasteiger partial charge < -0.3 is 5.73 Å². The molecule has 1 nitrogen and oxygen atoms in total. The maximum absolute atomic E-state index is 5.94. The van der Waals surface area contributed by atoms with Gasteiger partial charge in [0.05, 0.1) is 0 Å². The van der Waals surface area contributed by atoms with Gasteiger partial charge in [0.2, 0.25) is 0 Å². The van der Waals surface area contributed by atoms with Crippen molar-refractivity contribution in [1.82, 2.24) is 0 Å². The van der Waals surface area contributed by atoms with Crippen molar-refractivity contribution in [3.63, 3.8) is 0 Å². The molecule has 1 heteroatoms. The van der Waals surface area contributed by atoms with E-state index in [0.717, 1.165) is 18.3 Å². The second kappa shape index (κ2) is 3.38. The lowest BCUT2D eigenvalue weighted by molar-refractivity contribution is 0.408. The summed E-state index contributed by atoms with van der Waals surface area (Å²) in [7, 11) is 0. The maximum atomic E-state index is 5.94. The minimum atomic E-state index is 0.477. The molecule has 10 heavy (non-hydrogen) atoms. The lowest BCUT2D eigenvalue weighted by Crippen LogP contribution is -2.27. The standard InChI is InChI=1S/C9H19N/c1-3-9(10)8-5-4-7(2)6-8/h7-9H,3-6,10H2,1-2H3/t7?,8?,9-/m1/s1. The molecule has 0 heterocycles. The molecule has 0 aliphatic heterocycles. The van der Waals surface area contributed by atoms with Gasteiger partial charge in [-0.1, -0.05) is 20.3 Å². The van der Waals surface area contributed by atoms with E-state index < -0.39 is 0 Å². The fraction of sp³-hybridized carbons (Fsp3) is 1.00. The largest absolute Gasteiger partial charge is 0.327 e. The molecule has 1 fully saturated rings. The quantitative estimate of drug-likeness (QED) is 0.626. The van der Waals surface area contributed by atoms with Gasteiger partial charge in [0.15, 0.2) is 0 Å². The SMILES string of the molecule is CC[C@@H](N)C1CCC(C)C1. The highest BCUT2D eigenvalue weighted by Gasteiger charge is 2.24. The predicted molar refractivity (Wildman–Crippen MR) is 44.8 cm³/mol. The van der Waals surface area contributed by atoms with Crippen LogP contribution in [0.4, 0.5) is 0 Å². The van der Waals surface area contributed by atoms with Crippen LogP contribution < -0.4 is 5.73 Å². The number of hydrogen-bond acceptors (Lipinski definition) is 1. The van der Waals surface area contributed by atoms with Gasteiger partial charge in [0, 0.05) is 6.04 Å². The summed E-state index contributed by atoms with van der Waals surface area (Å²) >= 11 is 0. The highest BCUT2D eigenvalue weighted by Crippen LogP contribution is 2.32. The van der Waals surface area contributed by atoms with Crippen LogP contribution in [0, 0.1) is 11.8 Å². The Bertz CT molecular complexity index is 101. The van der Waals surface area contributed by atoms with Gasteiger partial charge in [-0.05, 0) is 31.1 Å². The molecular formula is C9H19N. The molecule has 0 bridgehead atoms. The molecule has 0 radical (unpaired) electrons. The van der Waals surface area contributed by atoms with E-state index in [0.29, 0.717) is 6.04 Å². The molecule has 2 unspecified atom stereocenters. The fourth-order valence-corrected chi connectivity index (χ4v) is 1.97. The van der Waals surface area contributed by atoms with Crippen molar-refractivity contribution >= 4 is 0 Å². The molecule has 0 aromatic carbocycles. The van der Waals surface area contributed by atoms with Crippen LogP contribution in [0.5, 0.6) is 0 Å². The van der Waals surface area contributed by atoms with E-state index in [1.165, 1.54) is 19.3 Å². The Hall–Kier alpha value is -0.0400. The van der Waals surface area contributed by atoms with Crippen LogP contribution in [-0.4, -0.2) is 6.04 Å². The van der Waals surface area contributed by atoms with E-state index >= 15 is 0 Å². The minimum absolute atomic E-state index is 0.477. The molecule has 0 aromatic heterocycles. The number of hydrogen-bond donors (Lipinski definition) is 1. The summed E-state index contributed by atoms with van der Waals surface area (Å²) < 4.78 is 0. The Morgan fingerprint density at radius 3 is 2.60 bits per heavy atom. The third-order valence-electron chi connectivity index (χ3n) is 2.81. The van der Waals surface area contributed by atoms with Crippen LogP contribution in [-0.2, 0) is 0 Å². The molecule has 0 aromatic rings. The summed E-state index contributed by atoms with van der Waals surface area (Å²) in [6, 6.07) is 0.477. The lowest BCUT2D eigenvalue weighted by atomic mass is 9.96. The molecular weight excluding hydrogens is 122 g/mol. The van der Waals surface area contributed by atoms with E-state index in [2.05, 4.69) is 13.8 Å². The first-order valence-electron chi connectivity index (χ1n) is 4.49. The fourth-order valence-electron chi connectivity index (χ4n) is 1.97. The zero-order valence-electron chi connectivity index (χ0n) is 7.14. The second-order valence-electron chi connectivity index (χ2n) is 3.75. The van der Waals surface area contributed by atoms with E-state index in [-0.39, 0.29) is 0 Å². The minimum Gasteiger partial charge on any atom is -0.327 e. The third-order valence-corrected chi connectivity index (χ3v) is 2.81. The van der Waals surface area contributed by atoms with Gasteiger partial charge in [-0.25, -0.2) is 0 Å². The monoisotopic (exact) mass is 141 g/mol. The first kappa shape index (κ1) is 8.06. The Morgan fingerprint density at radius 1 is 1.50 bits per heavy atom. The molecule has 3 atom stereocenters. The Balaban J connectivity index is 2.29. The van der Waals surface area contributed by atoms with E-state index in [1.807, 2.05) is 0 Å². The first-order valence-corrected chi connectivity index (χ1v) is 4.49. The van der Waals surface area contributed by atoms with Crippen molar-refractivity contribution in [1.29, 1.82) is 0 Å². The van der Waals surface area contributed by atoms with Crippen LogP contribution in [0.2, 0.25) is 0 Å². The maximum Gasteiger partial charge on any atom is 0.00646 e. The average Bonchev–Trinajstić information content (AvgIpc) is 2.34. The number of rotatable bonds is 2. The van der Waals surface area contributed by atoms with Crippen LogP contribution >= 0.6 is 0 Å². The highest BCUT2D eigenvalue weighted by molar-refractivity contribution is 4.79. The van der Waals surface area contributed by atoms with Crippen LogP contribution in [0.15, 0.2) is 0 Å². The Kier molecular flexibility index (Phi) is 2.72. The van der Waals surface area contributed by atoms with Crippen LogP contribution in [0.1, 0.15) is 39.5 Å². The summed E-state index contributed by atoms with van der Waals surface area (Å²) in [6.07, 6.45) is 5.29. The molecule has 1 saturated carbocycles. The van der Waals surface area contributed by atoms with Crippen molar-refractivity contribution in [2.75, 3.05) is 0 Å². The van der Waals surface area contributed by atoms with Gasteiger partial charge >= 0.3 is 0 Å². The summed E-state index contributed by atoms with van der Waals surface area (Å²) in [5.74, 6) is 1.77. The van der Waals surface area contributed by atoms with Crippen molar-refractivity contribution in [2.24, 2.45) is 17.6 Å². The van der Waals surface area contributed by atoms with E-state index in [1.54, 1.807) is 0 Å². The molecule has 60 valence electrons. The van der Waals surface area contributed by atoms with Crippen LogP contribution in [0.25, 0.3) is 0 Å². The van der Waals surface area contributed by atoms with Crippen molar-refractivity contribution in [3.8, 4) is 0 Å². The molecule has 1 aliphatic rings. The van der Waals surface area contributed by atoms with Gasteiger partial charge in [-0.3, -0.25) is 0 Å². The molecule has 0 spiro atoms. The summed E-state index contributed by atoms with van der Waals surface area (Å²) in [5.41, 5.74) is 5.94. The normalized spacial score (nSPS) is 36.3. The number of nitrogens with two attached hydrogens (primary N) is 1. The second-order valence-corrected chi connectivity index (χ2v) is 3.75. The zero-order valence-corrected chi connectivity index (χ0v) is 7.14. The Morgan fingerprint density at radius 2 is 2.20 bits per heavy atom. The van der Waals surface area contributed by atoms with Gasteiger partial charge in [-0.15, -0.1) is 0 Å². The molecule has 1 rings (SSSR count). The lowest BCUT2D eigenvalue weighted by Gasteiger charge is -2.16. The predicted octanol–water partition coefficient (Wildman–Crippen LogP) is 2.16. The topological polar surface area (TPSA) is 26.0 Å². The molecule has 0 amide bonds. The summed E-state index contributed by atoms with van der Waals surface area (Å²) in [5, 5.41) is 0. The summed E-state index contributed by atoms with van der Waals surface area (Å²) in [6.45, 7) is 4.52. The van der Waals surface area contributed by atoms with Crippen molar-refractivity contribution in [3.05, 3.63) is 0 Å². The van der Waals surface area contributed by atoms with E-state index in [9.17, 15) is 0 Å². The molecule has 1 aliphatic carbocycles. The highest BCUT2D eigenvalue weighted by atomic mass is 14.6. The molecule has 0 saturated heterocycles. The van der Waals surface area contributed by atoms with Crippen LogP contribution in [0.3, 0.4) is 0 Å². The smallest absolute Gasteiger partial charge is 0.00646 e. The Labute approximate surface area is 64.0 Å². The first-order chi connectivity index (χ1) is 4.74. The van der Waals surface area contributed by atoms with Gasteiger partial charge in [0.1, 0.15) is 0 Å². The van der Waals surface area contributed by atoms with Crippen molar-refractivity contribution in [2.45, 2.75) is 45.6 Å². The average molecular weight is 141 g/mol.